The van der Waals surface area contributed by atoms with Crippen molar-refractivity contribution in [2.45, 2.75) is 43.9 Å². The highest BCUT2D eigenvalue weighted by Crippen LogP contribution is 2.24. The third kappa shape index (κ3) is 4.38. The lowest BCUT2D eigenvalue weighted by Gasteiger charge is -2.19. The van der Waals surface area contributed by atoms with E-state index in [0.717, 1.165) is 4.90 Å². The van der Waals surface area contributed by atoms with Crippen LogP contribution in [0, 0.1) is 13.8 Å². The summed E-state index contributed by atoms with van der Waals surface area (Å²) in [4.78, 5) is 13.5. The van der Waals surface area contributed by atoms with Crippen molar-refractivity contribution in [2.75, 3.05) is 0 Å². The topological polar surface area (TPSA) is 29.1 Å². The van der Waals surface area contributed by atoms with Crippen LogP contribution in [-0.4, -0.2) is 11.2 Å². The van der Waals surface area contributed by atoms with Crippen molar-refractivity contribution in [3.8, 4) is 0 Å². The van der Waals surface area contributed by atoms with E-state index in [2.05, 4.69) is 37.4 Å². The smallest absolute Gasteiger partial charge is 0.233 e. The number of thioether (sulfide) groups is 1. The Morgan fingerprint density at radius 2 is 1.73 bits per heavy atom. The van der Waals surface area contributed by atoms with Crippen molar-refractivity contribution in [1.29, 1.82) is 0 Å². The summed E-state index contributed by atoms with van der Waals surface area (Å²) in [5.74, 6) is 0.0707. The van der Waals surface area contributed by atoms with E-state index in [4.69, 9.17) is 0 Å². The number of carbonyl (C=O) groups is 1. The van der Waals surface area contributed by atoms with Gasteiger partial charge in [-0.15, -0.1) is 11.8 Å². The Morgan fingerprint density at radius 3 is 2.36 bits per heavy atom. The standard InChI is InChI=1S/C19H23NOS/c1-13-10-11-18(14(2)12-13)15(3)20-19(21)16(4)22-17-8-6-5-7-9-17/h5-12,15-16H,1-4H3,(H,20,21). The Hall–Kier alpha value is -1.74. The summed E-state index contributed by atoms with van der Waals surface area (Å²) >= 11 is 1.58. The molecule has 0 spiro atoms. The van der Waals surface area contributed by atoms with Gasteiger partial charge in [0.1, 0.15) is 0 Å². The second kappa shape index (κ2) is 7.50. The highest BCUT2D eigenvalue weighted by atomic mass is 32.2. The monoisotopic (exact) mass is 313 g/mol. The number of hydrogen-bond donors (Lipinski definition) is 1. The van der Waals surface area contributed by atoms with Gasteiger partial charge in [-0.25, -0.2) is 0 Å². The molecule has 0 aliphatic carbocycles. The molecule has 2 rings (SSSR count). The number of aryl methyl sites for hydroxylation is 2. The summed E-state index contributed by atoms with van der Waals surface area (Å²) in [5.41, 5.74) is 3.64. The van der Waals surface area contributed by atoms with Gasteiger partial charge in [0.2, 0.25) is 5.91 Å². The Kier molecular flexibility index (Phi) is 5.67. The zero-order valence-electron chi connectivity index (χ0n) is 13.6. The molecular weight excluding hydrogens is 290 g/mol. The van der Waals surface area contributed by atoms with Gasteiger partial charge in [-0.3, -0.25) is 4.79 Å². The van der Waals surface area contributed by atoms with Crippen molar-refractivity contribution in [3.63, 3.8) is 0 Å². The molecule has 2 aromatic rings. The lowest BCUT2D eigenvalue weighted by molar-refractivity contribution is -0.120. The van der Waals surface area contributed by atoms with Gasteiger partial charge >= 0.3 is 0 Å². The van der Waals surface area contributed by atoms with Crippen LogP contribution < -0.4 is 5.32 Å². The Bertz CT molecular complexity index is 639. The van der Waals surface area contributed by atoms with Crippen LogP contribution in [0.15, 0.2) is 53.4 Å². The van der Waals surface area contributed by atoms with E-state index in [-0.39, 0.29) is 17.2 Å². The predicted octanol–water partition coefficient (Wildman–Crippen LogP) is 4.66. The van der Waals surface area contributed by atoms with Crippen molar-refractivity contribution >= 4 is 17.7 Å². The first kappa shape index (κ1) is 16.6. The van der Waals surface area contributed by atoms with Crippen molar-refractivity contribution in [3.05, 3.63) is 65.2 Å². The van der Waals surface area contributed by atoms with Crippen LogP contribution in [0.4, 0.5) is 0 Å². The Balaban J connectivity index is 1.98. The maximum absolute atomic E-state index is 12.4. The van der Waals surface area contributed by atoms with Crippen LogP contribution in [-0.2, 0) is 4.79 Å². The Morgan fingerprint density at radius 1 is 1.05 bits per heavy atom. The second-order valence-corrected chi connectivity index (χ2v) is 7.08. The number of nitrogens with one attached hydrogen (secondary N) is 1. The summed E-state index contributed by atoms with van der Waals surface area (Å²) in [6.07, 6.45) is 0. The zero-order chi connectivity index (χ0) is 16.1. The van der Waals surface area contributed by atoms with Gasteiger partial charge in [0.25, 0.3) is 0 Å². The van der Waals surface area contributed by atoms with Crippen LogP contribution in [0.1, 0.15) is 36.6 Å². The van der Waals surface area contributed by atoms with Crippen LogP contribution in [0.5, 0.6) is 0 Å². The molecule has 2 aromatic carbocycles. The molecule has 0 bridgehead atoms. The lowest BCUT2D eigenvalue weighted by atomic mass is 10.0. The van der Waals surface area contributed by atoms with E-state index >= 15 is 0 Å². The highest BCUT2D eigenvalue weighted by Gasteiger charge is 2.18. The first-order valence-corrected chi connectivity index (χ1v) is 8.44. The van der Waals surface area contributed by atoms with E-state index in [1.807, 2.05) is 44.2 Å². The third-order valence-corrected chi connectivity index (χ3v) is 4.79. The molecule has 0 aromatic heterocycles. The molecule has 0 saturated carbocycles. The van der Waals surface area contributed by atoms with Gasteiger partial charge in [-0.05, 0) is 51.0 Å². The number of hydrogen-bond acceptors (Lipinski definition) is 2. The van der Waals surface area contributed by atoms with Gasteiger partial charge in [0, 0.05) is 4.90 Å². The van der Waals surface area contributed by atoms with Gasteiger partial charge in [-0.2, -0.15) is 0 Å². The molecule has 3 heteroatoms. The molecule has 22 heavy (non-hydrogen) atoms. The lowest BCUT2D eigenvalue weighted by Crippen LogP contribution is -2.33. The first-order chi connectivity index (χ1) is 10.5. The molecule has 0 fully saturated rings. The van der Waals surface area contributed by atoms with Gasteiger partial charge in [0.05, 0.1) is 11.3 Å². The average molecular weight is 313 g/mol. The third-order valence-electron chi connectivity index (χ3n) is 3.68. The molecule has 0 radical (unpaired) electrons. The molecule has 1 N–H and O–H groups in total. The summed E-state index contributed by atoms with van der Waals surface area (Å²) in [7, 11) is 0. The Labute approximate surface area is 137 Å². The highest BCUT2D eigenvalue weighted by molar-refractivity contribution is 8.00. The quantitative estimate of drug-likeness (QED) is 0.813. The second-order valence-electron chi connectivity index (χ2n) is 5.66. The fraction of sp³-hybridized carbons (Fsp3) is 0.316. The first-order valence-electron chi connectivity index (χ1n) is 7.56. The van der Waals surface area contributed by atoms with Crippen LogP contribution >= 0.6 is 11.8 Å². The average Bonchev–Trinajstić information content (AvgIpc) is 2.47. The van der Waals surface area contributed by atoms with Crippen molar-refractivity contribution < 1.29 is 4.79 Å². The van der Waals surface area contributed by atoms with Crippen molar-refractivity contribution in [2.24, 2.45) is 0 Å². The van der Waals surface area contributed by atoms with E-state index in [1.54, 1.807) is 11.8 Å². The summed E-state index contributed by atoms with van der Waals surface area (Å²) in [5, 5.41) is 3.00. The van der Waals surface area contributed by atoms with Crippen LogP contribution in [0.2, 0.25) is 0 Å². The fourth-order valence-corrected chi connectivity index (χ4v) is 3.37. The number of benzene rings is 2. The minimum atomic E-state index is -0.115. The van der Waals surface area contributed by atoms with Crippen LogP contribution in [0.25, 0.3) is 0 Å². The molecule has 0 aliphatic heterocycles. The molecular formula is C19H23NOS. The number of amides is 1. The minimum absolute atomic E-state index is 0.0203. The molecule has 1 amide bonds. The fourth-order valence-electron chi connectivity index (χ4n) is 2.48. The number of carbonyl (C=O) groups excluding carboxylic acids is 1. The summed E-state index contributed by atoms with van der Waals surface area (Å²) in [6.45, 7) is 8.16. The SMILES string of the molecule is Cc1ccc(C(C)NC(=O)C(C)Sc2ccccc2)c(C)c1. The number of rotatable bonds is 5. The van der Waals surface area contributed by atoms with Gasteiger partial charge in [0.15, 0.2) is 0 Å². The molecule has 116 valence electrons. The normalized spacial score (nSPS) is 13.5. The van der Waals surface area contributed by atoms with Gasteiger partial charge < -0.3 is 5.32 Å². The van der Waals surface area contributed by atoms with E-state index in [0.29, 0.717) is 0 Å². The van der Waals surface area contributed by atoms with E-state index in [1.165, 1.54) is 16.7 Å². The molecule has 0 heterocycles. The minimum Gasteiger partial charge on any atom is -0.349 e. The molecule has 2 nitrogen and oxygen atoms in total. The molecule has 2 atom stereocenters. The molecule has 0 aliphatic rings. The summed E-state index contributed by atoms with van der Waals surface area (Å²) < 4.78 is 0. The molecule has 2 unspecified atom stereocenters. The van der Waals surface area contributed by atoms with E-state index in [9.17, 15) is 4.79 Å². The molecule has 0 saturated heterocycles. The van der Waals surface area contributed by atoms with Gasteiger partial charge in [-0.1, -0.05) is 42.0 Å². The predicted molar refractivity (Wildman–Crippen MR) is 94.2 cm³/mol. The largest absolute Gasteiger partial charge is 0.349 e. The maximum Gasteiger partial charge on any atom is 0.233 e. The van der Waals surface area contributed by atoms with Crippen LogP contribution in [0.3, 0.4) is 0 Å². The van der Waals surface area contributed by atoms with E-state index < -0.39 is 0 Å². The summed E-state index contributed by atoms with van der Waals surface area (Å²) in [6, 6.07) is 16.4. The zero-order valence-corrected chi connectivity index (χ0v) is 14.4. The van der Waals surface area contributed by atoms with Crippen molar-refractivity contribution in [1.82, 2.24) is 5.32 Å². The maximum atomic E-state index is 12.4.